The first-order chi connectivity index (χ1) is 10.2. The van der Waals surface area contributed by atoms with Crippen LogP contribution in [0.5, 0.6) is 5.75 Å². The van der Waals surface area contributed by atoms with E-state index in [1.54, 1.807) is 0 Å². The molecule has 1 aromatic carbocycles. The van der Waals surface area contributed by atoms with Crippen molar-refractivity contribution in [2.45, 2.75) is 38.1 Å². The Morgan fingerprint density at radius 3 is 2.71 bits per heavy atom. The van der Waals surface area contributed by atoms with E-state index in [9.17, 15) is 9.59 Å². The molecule has 1 amide bonds. The van der Waals surface area contributed by atoms with Crippen molar-refractivity contribution in [2.75, 3.05) is 13.2 Å². The van der Waals surface area contributed by atoms with E-state index < -0.39 is 12.0 Å². The summed E-state index contributed by atoms with van der Waals surface area (Å²) in [6.45, 7) is 1.01. The summed E-state index contributed by atoms with van der Waals surface area (Å²) in [5.41, 5.74) is 0. The SMILES string of the molecule is O=C(O)[C@@H]1CCCCN1C(=O)CCCOc1ccccc1. The number of hydrogen-bond donors (Lipinski definition) is 1. The molecule has 1 aliphatic rings. The van der Waals surface area contributed by atoms with E-state index >= 15 is 0 Å². The van der Waals surface area contributed by atoms with Gasteiger partial charge in [0.1, 0.15) is 11.8 Å². The fourth-order valence-corrected chi connectivity index (χ4v) is 2.56. The van der Waals surface area contributed by atoms with Gasteiger partial charge in [0, 0.05) is 13.0 Å². The Bertz CT molecular complexity index is 474. The number of piperidine rings is 1. The van der Waals surface area contributed by atoms with Gasteiger partial charge in [-0.05, 0) is 37.8 Å². The van der Waals surface area contributed by atoms with E-state index in [2.05, 4.69) is 0 Å². The molecular formula is C16H21NO4. The van der Waals surface area contributed by atoms with E-state index in [4.69, 9.17) is 9.84 Å². The summed E-state index contributed by atoms with van der Waals surface area (Å²) < 4.78 is 5.53. The third-order valence-corrected chi connectivity index (χ3v) is 3.66. The molecule has 0 bridgehead atoms. The molecule has 114 valence electrons. The number of carbonyl (C=O) groups excluding carboxylic acids is 1. The molecule has 21 heavy (non-hydrogen) atoms. The number of carboxylic acids is 1. The molecule has 5 nitrogen and oxygen atoms in total. The highest BCUT2D eigenvalue weighted by atomic mass is 16.5. The minimum Gasteiger partial charge on any atom is -0.494 e. The van der Waals surface area contributed by atoms with Crippen molar-refractivity contribution in [1.29, 1.82) is 0 Å². The third kappa shape index (κ3) is 4.48. The highest BCUT2D eigenvalue weighted by Crippen LogP contribution is 2.18. The number of para-hydroxylation sites is 1. The standard InChI is InChI=1S/C16H21NO4/c18-15(17-11-5-4-9-14(17)16(19)20)10-6-12-21-13-7-2-1-3-8-13/h1-3,7-8,14H,4-6,9-12H2,(H,19,20)/t14-/m0/s1. The average Bonchev–Trinajstić information content (AvgIpc) is 2.52. The summed E-state index contributed by atoms with van der Waals surface area (Å²) in [6.07, 6.45) is 3.24. The van der Waals surface area contributed by atoms with Crippen molar-refractivity contribution < 1.29 is 19.4 Å². The highest BCUT2D eigenvalue weighted by molar-refractivity contribution is 5.83. The molecule has 5 heteroatoms. The van der Waals surface area contributed by atoms with Crippen LogP contribution in [0.15, 0.2) is 30.3 Å². The lowest BCUT2D eigenvalue weighted by atomic mass is 10.0. The van der Waals surface area contributed by atoms with Crippen LogP contribution in [0.2, 0.25) is 0 Å². The van der Waals surface area contributed by atoms with Gasteiger partial charge in [-0.2, -0.15) is 0 Å². The number of carboxylic acid groups (broad SMARTS) is 1. The number of likely N-dealkylation sites (tertiary alicyclic amines) is 1. The maximum absolute atomic E-state index is 12.1. The molecule has 2 rings (SSSR count). The summed E-state index contributed by atoms with van der Waals surface area (Å²) in [4.78, 5) is 24.8. The van der Waals surface area contributed by atoms with Gasteiger partial charge in [-0.1, -0.05) is 18.2 Å². The Balaban J connectivity index is 1.74. The molecule has 1 fully saturated rings. The van der Waals surface area contributed by atoms with Gasteiger partial charge in [0.15, 0.2) is 0 Å². The maximum atomic E-state index is 12.1. The van der Waals surface area contributed by atoms with E-state index in [1.807, 2.05) is 30.3 Å². The summed E-state index contributed by atoms with van der Waals surface area (Å²) in [6, 6.07) is 8.79. The summed E-state index contributed by atoms with van der Waals surface area (Å²) in [5, 5.41) is 9.16. The van der Waals surface area contributed by atoms with Crippen LogP contribution in [0.1, 0.15) is 32.1 Å². The number of nitrogens with zero attached hydrogens (tertiary/aromatic N) is 1. The van der Waals surface area contributed by atoms with Gasteiger partial charge in [-0.3, -0.25) is 4.79 Å². The normalized spacial score (nSPS) is 18.3. The molecule has 0 aliphatic carbocycles. The first kappa shape index (κ1) is 15.4. The van der Waals surface area contributed by atoms with Crippen LogP contribution in [-0.4, -0.2) is 41.1 Å². The van der Waals surface area contributed by atoms with Gasteiger partial charge in [0.2, 0.25) is 5.91 Å². The number of aliphatic carboxylic acids is 1. The second kappa shape index (κ2) is 7.67. The number of ether oxygens (including phenoxy) is 1. The quantitative estimate of drug-likeness (QED) is 0.817. The van der Waals surface area contributed by atoms with E-state index in [1.165, 1.54) is 4.90 Å². The Hall–Kier alpha value is -2.04. The molecule has 1 N–H and O–H groups in total. The number of hydrogen-bond acceptors (Lipinski definition) is 3. The van der Waals surface area contributed by atoms with Crippen LogP contribution in [0.25, 0.3) is 0 Å². The molecule has 0 radical (unpaired) electrons. The molecule has 1 atom stereocenters. The zero-order valence-corrected chi connectivity index (χ0v) is 12.0. The van der Waals surface area contributed by atoms with Crippen LogP contribution in [0, 0.1) is 0 Å². The number of amides is 1. The fraction of sp³-hybridized carbons (Fsp3) is 0.500. The van der Waals surface area contributed by atoms with Gasteiger partial charge in [-0.15, -0.1) is 0 Å². The number of rotatable bonds is 6. The fourth-order valence-electron chi connectivity index (χ4n) is 2.56. The van der Waals surface area contributed by atoms with Gasteiger partial charge in [0.25, 0.3) is 0 Å². The first-order valence-electron chi connectivity index (χ1n) is 7.38. The van der Waals surface area contributed by atoms with Crippen LogP contribution in [0.4, 0.5) is 0 Å². The van der Waals surface area contributed by atoms with Gasteiger partial charge >= 0.3 is 5.97 Å². The van der Waals surface area contributed by atoms with Crippen LogP contribution in [0.3, 0.4) is 0 Å². The molecule has 0 unspecified atom stereocenters. The van der Waals surface area contributed by atoms with Gasteiger partial charge in [-0.25, -0.2) is 4.79 Å². The zero-order valence-electron chi connectivity index (χ0n) is 12.0. The summed E-state index contributed by atoms with van der Waals surface area (Å²) >= 11 is 0. The maximum Gasteiger partial charge on any atom is 0.326 e. The predicted molar refractivity (Wildman–Crippen MR) is 78.2 cm³/mol. The van der Waals surface area contributed by atoms with Crippen molar-refractivity contribution in [2.24, 2.45) is 0 Å². The molecular weight excluding hydrogens is 270 g/mol. The molecule has 1 aliphatic heterocycles. The van der Waals surface area contributed by atoms with Gasteiger partial charge in [0.05, 0.1) is 6.61 Å². The lowest BCUT2D eigenvalue weighted by Crippen LogP contribution is -2.47. The van der Waals surface area contributed by atoms with Crippen LogP contribution >= 0.6 is 0 Å². The largest absolute Gasteiger partial charge is 0.494 e. The summed E-state index contributed by atoms with van der Waals surface area (Å²) in [5.74, 6) is -0.200. The van der Waals surface area contributed by atoms with Gasteiger partial charge < -0.3 is 14.7 Å². The molecule has 1 saturated heterocycles. The topological polar surface area (TPSA) is 66.8 Å². The molecule has 0 saturated carbocycles. The third-order valence-electron chi connectivity index (χ3n) is 3.66. The Kier molecular flexibility index (Phi) is 5.60. The molecule has 1 aromatic rings. The molecule has 0 aromatic heterocycles. The lowest BCUT2D eigenvalue weighted by Gasteiger charge is -2.33. The first-order valence-corrected chi connectivity index (χ1v) is 7.38. The van der Waals surface area contributed by atoms with Crippen molar-refractivity contribution >= 4 is 11.9 Å². The van der Waals surface area contributed by atoms with Crippen molar-refractivity contribution in [3.63, 3.8) is 0 Å². The molecule has 0 spiro atoms. The van der Waals surface area contributed by atoms with E-state index in [-0.39, 0.29) is 5.91 Å². The lowest BCUT2D eigenvalue weighted by molar-refractivity contribution is -0.152. The van der Waals surface area contributed by atoms with Crippen molar-refractivity contribution in [3.05, 3.63) is 30.3 Å². The minimum atomic E-state index is -0.899. The Labute approximate surface area is 124 Å². The zero-order chi connectivity index (χ0) is 15.1. The van der Waals surface area contributed by atoms with Crippen LogP contribution < -0.4 is 4.74 Å². The smallest absolute Gasteiger partial charge is 0.326 e. The Morgan fingerprint density at radius 1 is 1.24 bits per heavy atom. The molecule has 1 heterocycles. The van der Waals surface area contributed by atoms with Crippen molar-refractivity contribution in [3.8, 4) is 5.75 Å². The van der Waals surface area contributed by atoms with Crippen molar-refractivity contribution in [1.82, 2.24) is 4.90 Å². The number of benzene rings is 1. The van der Waals surface area contributed by atoms with E-state index in [0.717, 1.165) is 18.6 Å². The monoisotopic (exact) mass is 291 g/mol. The summed E-state index contributed by atoms with van der Waals surface area (Å²) in [7, 11) is 0. The van der Waals surface area contributed by atoms with Crippen LogP contribution in [-0.2, 0) is 9.59 Å². The predicted octanol–water partition coefficient (Wildman–Crippen LogP) is 2.31. The highest BCUT2D eigenvalue weighted by Gasteiger charge is 2.31. The minimum absolute atomic E-state index is 0.0845. The van der Waals surface area contributed by atoms with E-state index in [0.29, 0.717) is 32.4 Å². The number of carbonyl (C=O) groups is 2. The second-order valence-corrected chi connectivity index (χ2v) is 5.20. The average molecular weight is 291 g/mol. The second-order valence-electron chi connectivity index (χ2n) is 5.20. The Morgan fingerprint density at radius 2 is 2.00 bits per heavy atom.